The smallest absolute Gasteiger partial charge is 0.230 e. The number of hydrogen-bond acceptors (Lipinski definition) is 3. The van der Waals surface area contributed by atoms with Crippen LogP contribution in [0.4, 0.5) is 4.39 Å². The zero-order valence-electron chi connectivity index (χ0n) is 12.5. The summed E-state index contributed by atoms with van der Waals surface area (Å²) in [6.07, 6.45) is 0. The standard InChI is InChI=1S/C15H21ClFNOS2/c1-15(2,3)21-8-7-18-14(19)10-20-9-11-12(16)5-4-6-13(11)17/h4-6H,7-10H2,1-3H3,(H,18,19). The number of halogens is 2. The summed E-state index contributed by atoms with van der Waals surface area (Å²) in [7, 11) is 0. The van der Waals surface area contributed by atoms with Gasteiger partial charge < -0.3 is 5.32 Å². The molecule has 0 saturated heterocycles. The Kier molecular flexibility index (Phi) is 7.92. The molecule has 0 fully saturated rings. The summed E-state index contributed by atoms with van der Waals surface area (Å²) in [5.41, 5.74) is 0.459. The van der Waals surface area contributed by atoms with Crippen LogP contribution in [0.2, 0.25) is 5.02 Å². The highest BCUT2D eigenvalue weighted by atomic mass is 35.5. The predicted octanol–water partition coefficient (Wildman–Crippen LogP) is 4.36. The largest absolute Gasteiger partial charge is 0.355 e. The lowest BCUT2D eigenvalue weighted by molar-refractivity contribution is -0.118. The minimum Gasteiger partial charge on any atom is -0.355 e. The van der Waals surface area contributed by atoms with Gasteiger partial charge in [-0.3, -0.25) is 4.79 Å². The Balaban J connectivity index is 2.22. The lowest BCUT2D eigenvalue weighted by Crippen LogP contribution is -2.28. The quantitative estimate of drug-likeness (QED) is 0.741. The van der Waals surface area contributed by atoms with E-state index in [4.69, 9.17) is 11.6 Å². The van der Waals surface area contributed by atoms with Gasteiger partial charge >= 0.3 is 0 Å². The summed E-state index contributed by atoms with van der Waals surface area (Å²) >= 11 is 9.11. The van der Waals surface area contributed by atoms with Crippen LogP contribution in [0.3, 0.4) is 0 Å². The molecular formula is C15H21ClFNOS2. The Bertz CT molecular complexity index is 457. The normalized spacial score (nSPS) is 11.5. The molecule has 1 rings (SSSR count). The number of benzene rings is 1. The third kappa shape index (κ3) is 7.98. The topological polar surface area (TPSA) is 29.1 Å². The molecule has 0 saturated carbocycles. The van der Waals surface area contributed by atoms with Crippen molar-refractivity contribution in [1.82, 2.24) is 5.32 Å². The maximum Gasteiger partial charge on any atom is 0.230 e. The Morgan fingerprint density at radius 3 is 2.71 bits per heavy atom. The minimum absolute atomic E-state index is 0.0260. The summed E-state index contributed by atoms with van der Waals surface area (Å²) in [5.74, 6) is 1.25. The van der Waals surface area contributed by atoms with Crippen molar-refractivity contribution in [3.63, 3.8) is 0 Å². The Morgan fingerprint density at radius 2 is 2.10 bits per heavy atom. The third-order valence-corrected chi connectivity index (χ3v) is 5.09. The second kappa shape index (κ2) is 8.91. The lowest BCUT2D eigenvalue weighted by atomic mass is 10.2. The molecule has 0 heterocycles. The van der Waals surface area contributed by atoms with Gasteiger partial charge in [0.15, 0.2) is 0 Å². The van der Waals surface area contributed by atoms with Gasteiger partial charge in [-0.2, -0.15) is 11.8 Å². The monoisotopic (exact) mass is 349 g/mol. The fraction of sp³-hybridized carbons (Fsp3) is 0.533. The highest BCUT2D eigenvalue weighted by molar-refractivity contribution is 8.00. The summed E-state index contributed by atoms with van der Waals surface area (Å²) in [6, 6.07) is 4.61. The molecule has 0 aliphatic heterocycles. The van der Waals surface area contributed by atoms with Crippen molar-refractivity contribution >= 4 is 41.0 Å². The molecule has 2 nitrogen and oxygen atoms in total. The maximum atomic E-state index is 13.5. The molecule has 1 amide bonds. The van der Waals surface area contributed by atoms with E-state index in [0.29, 0.717) is 28.6 Å². The third-order valence-electron chi connectivity index (χ3n) is 2.50. The van der Waals surface area contributed by atoms with Crippen molar-refractivity contribution in [2.75, 3.05) is 18.1 Å². The molecule has 6 heteroatoms. The average molecular weight is 350 g/mol. The number of hydrogen-bond donors (Lipinski definition) is 1. The fourth-order valence-corrected chi connectivity index (χ4v) is 3.53. The van der Waals surface area contributed by atoms with Crippen molar-refractivity contribution in [3.05, 3.63) is 34.6 Å². The molecule has 0 atom stereocenters. The summed E-state index contributed by atoms with van der Waals surface area (Å²) in [4.78, 5) is 11.7. The number of rotatable bonds is 7. The van der Waals surface area contributed by atoms with Crippen LogP contribution in [0.25, 0.3) is 0 Å². The Morgan fingerprint density at radius 1 is 1.38 bits per heavy atom. The van der Waals surface area contributed by atoms with Gasteiger partial charge in [0.1, 0.15) is 5.82 Å². The van der Waals surface area contributed by atoms with E-state index in [1.165, 1.54) is 17.8 Å². The number of thioether (sulfide) groups is 2. The Labute approximate surface area is 139 Å². The summed E-state index contributed by atoms with van der Waals surface area (Å²) < 4.78 is 13.7. The SMILES string of the molecule is CC(C)(C)SCCNC(=O)CSCc1c(F)cccc1Cl. The number of amides is 1. The van der Waals surface area contributed by atoms with Crippen LogP contribution >= 0.6 is 35.1 Å². The van der Waals surface area contributed by atoms with E-state index in [1.807, 2.05) is 11.8 Å². The van der Waals surface area contributed by atoms with Crippen molar-refractivity contribution in [1.29, 1.82) is 0 Å². The molecule has 0 aromatic heterocycles. The van der Waals surface area contributed by atoms with Crippen LogP contribution in [-0.4, -0.2) is 28.7 Å². The van der Waals surface area contributed by atoms with Crippen molar-refractivity contribution in [2.45, 2.75) is 31.3 Å². The molecular weight excluding hydrogens is 329 g/mol. The van der Waals surface area contributed by atoms with Crippen molar-refractivity contribution in [2.24, 2.45) is 0 Å². The molecule has 0 radical (unpaired) electrons. The van der Waals surface area contributed by atoms with Gasteiger partial charge in [-0.1, -0.05) is 38.4 Å². The van der Waals surface area contributed by atoms with Crippen LogP contribution in [0.1, 0.15) is 26.3 Å². The second-order valence-corrected chi connectivity index (χ2v) is 8.82. The number of nitrogens with one attached hydrogen (secondary N) is 1. The molecule has 0 aliphatic rings. The van der Waals surface area contributed by atoms with Crippen LogP contribution in [0.15, 0.2) is 18.2 Å². The van der Waals surface area contributed by atoms with E-state index < -0.39 is 0 Å². The molecule has 0 bridgehead atoms. The molecule has 21 heavy (non-hydrogen) atoms. The summed E-state index contributed by atoms with van der Waals surface area (Å²) in [5, 5.41) is 3.27. The lowest BCUT2D eigenvalue weighted by Gasteiger charge is -2.17. The molecule has 1 aromatic rings. The fourth-order valence-electron chi connectivity index (χ4n) is 1.51. The van der Waals surface area contributed by atoms with E-state index in [2.05, 4.69) is 26.1 Å². The molecule has 0 spiro atoms. The van der Waals surface area contributed by atoms with Gasteiger partial charge in [-0.05, 0) is 12.1 Å². The van der Waals surface area contributed by atoms with Gasteiger partial charge in [0.25, 0.3) is 0 Å². The van der Waals surface area contributed by atoms with Crippen molar-refractivity contribution in [3.8, 4) is 0 Å². The van der Waals surface area contributed by atoms with E-state index in [9.17, 15) is 9.18 Å². The van der Waals surface area contributed by atoms with Gasteiger partial charge in [0.05, 0.1) is 5.75 Å². The second-order valence-electron chi connectivity index (χ2n) is 5.50. The molecule has 1 aromatic carbocycles. The van der Waals surface area contributed by atoms with Crippen LogP contribution < -0.4 is 5.32 Å². The zero-order valence-corrected chi connectivity index (χ0v) is 14.9. The van der Waals surface area contributed by atoms with Gasteiger partial charge in [0, 0.05) is 33.4 Å². The van der Waals surface area contributed by atoms with Gasteiger partial charge in [-0.25, -0.2) is 4.39 Å². The predicted molar refractivity (Wildman–Crippen MR) is 92.8 cm³/mol. The first-order chi connectivity index (χ1) is 9.79. The molecule has 0 aliphatic carbocycles. The first-order valence-corrected chi connectivity index (χ1v) is 9.23. The Hall–Kier alpha value is -0.390. The minimum atomic E-state index is -0.322. The first kappa shape index (κ1) is 18.7. The van der Waals surface area contributed by atoms with E-state index in [0.717, 1.165) is 5.75 Å². The highest BCUT2D eigenvalue weighted by Gasteiger charge is 2.11. The van der Waals surface area contributed by atoms with E-state index >= 15 is 0 Å². The zero-order chi connectivity index (χ0) is 15.9. The number of carbonyl (C=O) groups is 1. The molecule has 0 unspecified atom stereocenters. The molecule has 1 N–H and O–H groups in total. The summed E-state index contributed by atoms with van der Waals surface area (Å²) in [6.45, 7) is 7.09. The average Bonchev–Trinajstić information content (AvgIpc) is 2.37. The van der Waals surface area contributed by atoms with Crippen LogP contribution in [0.5, 0.6) is 0 Å². The van der Waals surface area contributed by atoms with Crippen LogP contribution in [0, 0.1) is 5.82 Å². The van der Waals surface area contributed by atoms with Crippen LogP contribution in [-0.2, 0) is 10.5 Å². The van der Waals surface area contributed by atoms with E-state index in [-0.39, 0.29) is 16.5 Å². The first-order valence-electron chi connectivity index (χ1n) is 6.71. The van der Waals surface area contributed by atoms with Crippen molar-refractivity contribution < 1.29 is 9.18 Å². The highest BCUT2D eigenvalue weighted by Crippen LogP contribution is 2.24. The number of carbonyl (C=O) groups excluding carboxylic acids is 1. The maximum absolute atomic E-state index is 13.5. The molecule has 118 valence electrons. The van der Waals surface area contributed by atoms with Gasteiger partial charge in [0.2, 0.25) is 5.91 Å². The van der Waals surface area contributed by atoms with Gasteiger partial charge in [-0.15, -0.1) is 11.8 Å². The van der Waals surface area contributed by atoms with E-state index in [1.54, 1.807) is 12.1 Å².